The fraction of sp³-hybridized carbons (Fsp3) is 0.250. The summed E-state index contributed by atoms with van der Waals surface area (Å²) >= 11 is 3.20. The van der Waals surface area contributed by atoms with Gasteiger partial charge in [0.1, 0.15) is 5.69 Å². The number of rotatable bonds is 2. The molecule has 0 radical (unpaired) electrons. The Morgan fingerprint density at radius 1 is 1.85 bits per heavy atom. The standard InChI is InChI=1S/C8H7BrN2O2/c1-10-5-11-4-3-6(9)7(11)8(12)13-2/h3-4H,5H2,2H3. The molecule has 0 saturated carbocycles. The molecule has 0 saturated heterocycles. The number of methoxy groups -OCH3 is 1. The van der Waals surface area contributed by atoms with E-state index in [1.165, 1.54) is 11.7 Å². The van der Waals surface area contributed by atoms with Gasteiger partial charge in [0.2, 0.25) is 0 Å². The van der Waals surface area contributed by atoms with Crippen molar-refractivity contribution in [3.8, 4) is 0 Å². The summed E-state index contributed by atoms with van der Waals surface area (Å²) in [5.74, 6) is -0.444. The van der Waals surface area contributed by atoms with E-state index in [1.807, 2.05) is 0 Å². The Morgan fingerprint density at radius 3 is 3.08 bits per heavy atom. The zero-order valence-electron chi connectivity index (χ0n) is 6.95. The second kappa shape index (κ2) is 4.10. The Balaban J connectivity index is 3.09. The van der Waals surface area contributed by atoms with E-state index >= 15 is 0 Å². The van der Waals surface area contributed by atoms with Crippen LogP contribution >= 0.6 is 15.9 Å². The lowest BCUT2D eigenvalue weighted by molar-refractivity contribution is 0.0588. The highest BCUT2D eigenvalue weighted by atomic mass is 79.9. The smallest absolute Gasteiger partial charge is 0.356 e. The van der Waals surface area contributed by atoms with E-state index < -0.39 is 5.97 Å². The number of hydrogen-bond acceptors (Lipinski definition) is 2. The molecule has 13 heavy (non-hydrogen) atoms. The Hall–Kier alpha value is -1.28. The van der Waals surface area contributed by atoms with E-state index in [4.69, 9.17) is 6.57 Å². The highest BCUT2D eigenvalue weighted by molar-refractivity contribution is 9.10. The van der Waals surface area contributed by atoms with Crippen LogP contribution in [0, 0.1) is 6.57 Å². The third-order valence-electron chi connectivity index (χ3n) is 1.52. The quantitative estimate of drug-likeness (QED) is 0.587. The van der Waals surface area contributed by atoms with Crippen LogP contribution in [0.4, 0.5) is 0 Å². The van der Waals surface area contributed by atoms with E-state index in [1.54, 1.807) is 12.3 Å². The Morgan fingerprint density at radius 2 is 2.54 bits per heavy atom. The maximum absolute atomic E-state index is 11.2. The van der Waals surface area contributed by atoms with Crippen LogP contribution in [0.3, 0.4) is 0 Å². The topological polar surface area (TPSA) is 35.6 Å². The SMILES string of the molecule is [C-]#[N+]Cn1ccc(Br)c1C(=O)OC. The Kier molecular flexibility index (Phi) is 3.09. The number of carbonyl (C=O) groups is 1. The van der Waals surface area contributed by atoms with Crippen LogP contribution in [0.15, 0.2) is 16.7 Å². The summed E-state index contributed by atoms with van der Waals surface area (Å²) in [5.41, 5.74) is 0.374. The third kappa shape index (κ3) is 1.90. The molecule has 1 heterocycles. The van der Waals surface area contributed by atoms with Gasteiger partial charge in [-0.25, -0.2) is 11.4 Å². The Bertz CT molecular complexity index is 365. The van der Waals surface area contributed by atoms with Crippen molar-refractivity contribution in [2.24, 2.45) is 0 Å². The summed E-state index contributed by atoms with van der Waals surface area (Å²) < 4.78 is 6.74. The molecule has 0 unspecified atom stereocenters. The van der Waals surface area contributed by atoms with Gasteiger partial charge >= 0.3 is 5.97 Å². The lowest BCUT2D eigenvalue weighted by Crippen LogP contribution is -2.09. The first-order valence-electron chi connectivity index (χ1n) is 3.47. The van der Waals surface area contributed by atoms with Crippen LogP contribution < -0.4 is 0 Å². The summed E-state index contributed by atoms with van der Waals surface area (Å²) in [4.78, 5) is 14.4. The van der Waals surface area contributed by atoms with Gasteiger partial charge < -0.3 is 4.74 Å². The summed E-state index contributed by atoms with van der Waals surface area (Å²) in [6.45, 7) is 6.80. The second-order valence-electron chi connectivity index (χ2n) is 2.27. The van der Waals surface area contributed by atoms with Crippen molar-refractivity contribution in [2.75, 3.05) is 7.11 Å². The molecule has 0 amide bonds. The molecular formula is C8H7BrN2O2. The number of halogens is 1. The number of hydrogen-bond donors (Lipinski definition) is 0. The summed E-state index contributed by atoms with van der Waals surface area (Å²) in [6.07, 6.45) is 1.66. The molecule has 0 N–H and O–H groups in total. The molecule has 0 atom stereocenters. The molecule has 1 aromatic heterocycles. The van der Waals surface area contributed by atoms with E-state index in [0.717, 1.165) is 0 Å². The van der Waals surface area contributed by atoms with E-state index in [-0.39, 0.29) is 6.67 Å². The van der Waals surface area contributed by atoms with Crippen LogP contribution in [0.25, 0.3) is 4.85 Å². The average Bonchev–Trinajstić information content (AvgIpc) is 2.47. The van der Waals surface area contributed by atoms with E-state index in [9.17, 15) is 4.79 Å². The van der Waals surface area contributed by atoms with E-state index in [2.05, 4.69) is 25.5 Å². The van der Waals surface area contributed by atoms with Crippen LogP contribution in [0.5, 0.6) is 0 Å². The van der Waals surface area contributed by atoms with Crippen molar-refractivity contribution in [1.29, 1.82) is 0 Å². The minimum absolute atomic E-state index is 0.121. The van der Waals surface area contributed by atoms with Crippen molar-refractivity contribution in [2.45, 2.75) is 6.67 Å². The van der Waals surface area contributed by atoms with Gasteiger partial charge in [0.05, 0.1) is 11.6 Å². The van der Waals surface area contributed by atoms with E-state index in [0.29, 0.717) is 10.2 Å². The van der Waals surface area contributed by atoms with Crippen molar-refractivity contribution in [3.05, 3.63) is 33.8 Å². The van der Waals surface area contributed by atoms with Crippen molar-refractivity contribution in [1.82, 2.24) is 4.57 Å². The maximum Gasteiger partial charge on any atom is 0.356 e. The highest BCUT2D eigenvalue weighted by Gasteiger charge is 2.16. The number of carbonyl (C=O) groups excluding carboxylic acids is 1. The van der Waals surface area contributed by atoms with Crippen molar-refractivity contribution >= 4 is 21.9 Å². The minimum atomic E-state index is -0.444. The summed E-state index contributed by atoms with van der Waals surface area (Å²) in [5, 5.41) is 0. The second-order valence-corrected chi connectivity index (χ2v) is 3.13. The monoisotopic (exact) mass is 242 g/mol. The average molecular weight is 243 g/mol. The van der Waals surface area contributed by atoms with Gasteiger partial charge in [-0.05, 0) is 22.0 Å². The van der Waals surface area contributed by atoms with Crippen LogP contribution in [0.1, 0.15) is 10.5 Å². The van der Waals surface area contributed by atoms with Gasteiger partial charge in [0.25, 0.3) is 6.67 Å². The van der Waals surface area contributed by atoms with Gasteiger partial charge in [-0.2, -0.15) is 0 Å². The first-order chi connectivity index (χ1) is 6.20. The van der Waals surface area contributed by atoms with Gasteiger partial charge in [-0.15, -0.1) is 0 Å². The highest BCUT2D eigenvalue weighted by Crippen LogP contribution is 2.18. The number of ether oxygens (including phenoxy) is 1. The zero-order chi connectivity index (χ0) is 9.84. The molecule has 0 spiro atoms. The largest absolute Gasteiger partial charge is 0.464 e. The fourth-order valence-electron chi connectivity index (χ4n) is 0.952. The molecule has 0 aliphatic carbocycles. The molecular weight excluding hydrogens is 236 g/mol. The number of esters is 1. The van der Waals surface area contributed by atoms with Crippen molar-refractivity contribution in [3.63, 3.8) is 0 Å². The summed E-state index contributed by atoms with van der Waals surface area (Å²) in [6, 6.07) is 1.71. The first kappa shape index (κ1) is 9.81. The predicted octanol–water partition coefficient (Wildman–Crippen LogP) is 1.91. The molecule has 0 aliphatic heterocycles. The molecule has 0 aliphatic rings. The normalized spacial score (nSPS) is 9.31. The lowest BCUT2D eigenvalue weighted by atomic mass is 10.4. The molecule has 4 nitrogen and oxygen atoms in total. The maximum atomic E-state index is 11.2. The Labute approximate surface area is 84.1 Å². The zero-order valence-corrected chi connectivity index (χ0v) is 8.54. The van der Waals surface area contributed by atoms with Crippen LogP contribution in [-0.2, 0) is 11.4 Å². The van der Waals surface area contributed by atoms with Crippen molar-refractivity contribution < 1.29 is 9.53 Å². The lowest BCUT2D eigenvalue weighted by Gasteiger charge is -2.01. The molecule has 5 heteroatoms. The fourth-order valence-corrected chi connectivity index (χ4v) is 1.46. The molecule has 1 rings (SSSR count). The molecule has 0 fully saturated rings. The van der Waals surface area contributed by atoms with Crippen LogP contribution in [0.2, 0.25) is 0 Å². The first-order valence-corrected chi connectivity index (χ1v) is 4.26. The molecule has 68 valence electrons. The van der Waals surface area contributed by atoms with Gasteiger partial charge in [0, 0.05) is 6.20 Å². The number of nitrogens with zero attached hydrogens (tertiary/aromatic N) is 2. The summed E-state index contributed by atoms with van der Waals surface area (Å²) in [7, 11) is 1.31. The number of aromatic nitrogens is 1. The molecule has 0 aromatic carbocycles. The van der Waals surface area contributed by atoms with Crippen LogP contribution in [-0.4, -0.2) is 17.6 Å². The van der Waals surface area contributed by atoms with Gasteiger partial charge in [-0.3, -0.25) is 9.41 Å². The van der Waals surface area contributed by atoms with Gasteiger partial charge in [-0.1, -0.05) is 0 Å². The van der Waals surface area contributed by atoms with Gasteiger partial charge in [0.15, 0.2) is 0 Å². The molecule has 1 aromatic rings. The predicted molar refractivity (Wildman–Crippen MR) is 50.1 cm³/mol. The minimum Gasteiger partial charge on any atom is -0.464 e. The third-order valence-corrected chi connectivity index (χ3v) is 2.16. The molecule has 0 bridgehead atoms.